The highest BCUT2D eigenvalue weighted by Gasteiger charge is 2.60. The van der Waals surface area contributed by atoms with Crippen LogP contribution in [0.15, 0.2) is 17.8 Å². The smallest absolute Gasteiger partial charge is 0.410 e. The average Bonchev–Trinajstić information content (AvgIpc) is 3.95. The fourth-order valence-electron chi connectivity index (χ4n) is 8.90. The lowest BCUT2D eigenvalue weighted by Crippen LogP contribution is -2.61. The Balaban J connectivity index is 1.65. The number of rotatable bonds is 16. The van der Waals surface area contributed by atoms with Crippen molar-refractivity contribution in [1.82, 2.24) is 35.1 Å². The van der Waals surface area contributed by atoms with Crippen molar-refractivity contribution < 1.29 is 47.6 Å². The number of ether oxygens (including phenoxy) is 5. The van der Waals surface area contributed by atoms with Crippen molar-refractivity contribution in [2.24, 2.45) is 11.8 Å². The number of aliphatic hydroxyl groups excluding tert-OH is 1. The van der Waals surface area contributed by atoms with Gasteiger partial charge in [0.15, 0.2) is 17.7 Å². The maximum atomic E-state index is 17.0. The van der Waals surface area contributed by atoms with Gasteiger partial charge in [-0.2, -0.15) is 0 Å². The normalized spacial score (nSPS) is 32.9. The molecule has 16 nitrogen and oxygen atoms in total. The zero-order valence-corrected chi connectivity index (χ0v) is 37.8. The molecule has 0 aromatic carbocycles. The number of hydrogen-bond acceptors (Lipinski definition) is 15. The van der Waals surface area contributed by atoms with E-state index in [0.717, 1.165) is 11.9 Å². The summed E-state index contributed by atoms with van der Waals surface area (Å²) in [5.41, 5.74) is -5.09. The van der Waals surface area contributed by atoms with Gasteiger partial charge in [-0.25, -0.2) is 19.0 Å². The molecule has 2 aromatic rings. The molecule has 0 aliphatic carbocycles. The van der Waals surface area contributed by atoms with Gasteiger partial charge in [0.05, 0.1) is 23.9 Å². The molecule has 4 rings (SSSR count). The van der Waals surface area contributed by atoms with Gasteiger partial charge in [0.25, 0.3) is 5.67 Å². The van der Waals surface area contributed by atoms with Crippen LogP contribution in [0.25, 0.3) is 10.7 Å². The molecule has 2 aliphatic heterocycles. The van der Waals surface area contributed by atoms with E-state index >= 15 is 4.39 Å². The Labute approximate surface area is 352 Å². The first-order valence-electron chi connectivity index (χ1n) is 20.9. The van der Waals surface area contributed by atoms with Crippen LogP contribution in [-0.2, 0) is 39.8 Å². The third-order valence-corrected chi connectivity index (χ3v) is 12.9. The topological polar surface area (TPSA) is 180 Å². The first-order valence-corrected chi connectivity index (χ1v) is 21.8. The molecule has 2 N–H and O–H groups in total. The monoisotopic (exact) mass is 853 g/mol. The van der Waals surface area contributed by atoms with E-state index in [1.165, 1.54) is 25.4 Å². The Hall–Kier alpha value is -3.13. The van der Waals surface area contributed by atoms with Crippen LogP contribution >= 0.6 is 11.3 Å². The summed E-state index contributed by atoms with van der Waals surface area (Å²) in [7, 11) is 5.17. The number of aliphatic hydroxyl groups is 1. The van der Waals surface area contributed by atoms with Gasteiger partial charge in [0.2, 0.25) is 0 Å². The van der Waals surface area contributed by atoms with Crippen molar-refractivity contribution in [3.8, 4) is 10.7 Å². The van der Waals surface area contributed by atoms with Crippen molar-refractivity contribution in [3.63, 3.8) is 0 Å². The molecule has 3 unspecified atom stereocenters. The van der Waals surface area contributed by atoms with Crippen LogP contribution in [0, 0.1) is 11.8 Å². The number of thiazole rings is 1. The van der Waals surface area contributed by atoms with Gasteiger partial charge in [-0.15, -0.1) is 16.4 Å². The SMILES string of the molecule is CCO[C@@H](O[C@@H]1[C@H](C)C(=O)C(C)(F)C(=O)O[C@H](CC)[C@@]2(C)OC(=O)N(CCCCn3cc(-c4nccs4)nn3)[C@@H]2[C@@H](C)NC[C@H](C)C[C@@]1(C)OC)C(O)C(CC)N(C)C. The Morgan fingerprint density at radius 1 is 1.12 bits per heavy atom. The summed E-state index contributed by atoms with van der Waals surface area (Å²) >= 11 is 1.48. The molecular formula is C41H68FN7O9S. The third-order valence-electron chi connectivity index (χ3n) is 12.1. The molecule has 4 heterocycles. The standard InChI is InChI=1S/C41H68FN7O9S/c1-13-29(47(10)11)31(50)36(55-15-3)57-34-26(5)33(51)40(8,42)37(52)56-30(14-2)41(9)32(27(6)44-23-25(4)22-39(34,7)54-12)49(38(53)58-41)20-17-16-19-48-24-28(45-46-48)35-43-18-21-59-35/h18,21,24-27,29-32,34,36,44,50H,13-17,19-20,22-23H2,1-12H3/t25-,26-,27-,29?,30-,31?,32-,34-,36+,39-,40?,41-/m1/s1. The Bertz CT molecular complexity index is 1670. The fraction of sp³-hybridized carbons (Fsp3) is 0.805. The van der Waals surface area contributed by atoms with Crippen molar-refractivity contribution in [2.75, 3.05) is 40.9 Å². The predicted octanol–water partition coefficient (Wildman–Crippen LogP) is 4.89. The van der Waals surface area contributed by atoms with E-state index in [-0.39, 0.29) is 25.0 Å². The number of carbonyl (C=O) groups is 3. The van der Waals surface area contributed by atoms with Gasteiger partial charge >= 0.3 is 12.1 Å². The molecule has 0 spiro atoms. The molecular weight excluding hydrogens is 786 g/mol. The molecule has 0 bridgehead atoms. The van der Waals surface area contributed by atoms with E-state index in [2.05, 4.69) is 20.6 Å². The van der Waals surface area contributed by atoms with E-state index < -0.39 is 77.3 Å². The largest absolute Gasteiger partial charge is 0.455 e. The summed E-state index contributed by atoms with van der Waals surface area (Å²) in [6.45, 7) is 16.8. The number of fused-ring (bicyclic) bond motifs is 1. The number of alkyl halides is 1. The summed E-state index contributed by atoms with van der Waals surface area (Å²) in [5.74, 6) is -3.88. The lowest BCUT2D eigenvalue weighted by Gasteiger charge is -2.44. The Kier molecular flexibility index (Phi) is 17.0. The third kappa shape index (κ3) is 10.9. The van der Waals surface area contributed by atoms with Crippen molar-refractivity contribution in [3.05, 3.63) is 17.8 Å². The van der Waals surface area contributed by atoms with E-state index in [1.807, 2.05) is 51.3 Å². The molecule has 2 aliphatic rings. The van der Waals surface area contributed by atoms with Crippen LogP contribution in [0.3, 0.4) is 0 Å². The quantitative estimate of drug-likeness (QED) is 0.101. The van der Waals surface area contributed by atoms with E-state index in [0.29, 0.717) is 51.0 Å². The van der Waals surface area contributed by atoms with Gasteiger partial charge in [0.1, 0.15) is 22.9 Å². The molecule has 1 amide bonds. The number of ketones is 1. The maximum absolute atomic E-state index is 17.0. The van der Waals surface area contributed by atoms with E-state index in [9.17, 15) is 19.5 Å². The predicted molar refractivity (Wildman–Crippen MR) is 220 cm³/mol. The van der Waals surface area contributed by atoms with Crippen LogP contribution in [-0.4, -0.2) is 153 Å². The van der Waals surface area contributed by atoms with Crippen LogP contribution in [0.4, 0.5) is 9.18 Å². The minimum absolute atomic E-state index is 0.118. The number of nitrogens with zero attached hydrogens (tertiary/aromatic N) is 6. The summed E-state index contributed by atoms with van der Waals surface area (Å²) in [6, 6.07) is -1.40. The van der Waals surface area contributed by atoms with Gasteiger partial charge in [-0.1, -0.05) is 32.9 Å². The number of Topliss-reactive ketones (excluding diaryl/α,β-unsaturated/α-hetero) is 1. The van der Waals surface area contributed by atoms with Crippen LogP contribution in [0.1, 0.15) is 94.4 Å². The summed E-state index contributed by atoms with van der Waals surface area (Å²) in [5, 5.41) is 26.3. The lowest BCUT2D eigenvalue weighted by atomic mass is 9.78. The number of cyclic esters (lactones) is 1. The highest BCUT2D eigenvalue weighted by molar-refractivity contribution is 7.13. The second-order valence-corrected chi connectivity index (χ2v) is 17.8. The van der Waals surface area contributed by atoms with Crippen molar-refractivity contribution >= 4 is 29.2 Å². The Morgan fingerprint density at radius 3 is 2.41 bits per heavy atom. The lowest BCUT2D eigenvalue weighted by molar-refractivity contribution is -0.266. The zero-order chi connectivity index (χ0) is 43.9. The van der Waals surface area contributed by atoms with Crippen molar-refractivity contribution in [1.29, 1.82) is 0 Å². The number of esters is 1. The molecule has 18 heteroatoms. The number of likely N-dealkylation sites (N-methyl/N-ethyl adjacent to an activating group) is 1. The molecule has 2 saturated heterocycles. The van der Waals surface area contributed by atoms with E-state index in [4.69, 9.17) is 23.7 Å². The summed E-state index contributed by atoms with van der Waals surface area (Å²) < 4.78 is 49.5. The Morgan fingerprint density at radius 2 is 1.81 bits per heavy atom. The van der Waals surface area contributed by atoms with Crippen molar-refractivity contribution in [2.45, 2.75) is 161 Å². The summed E-state index contributed by atoms with van der Waals surface area (Å²) in [6.07, 6.45) is 0.680. The minimum Gasteiger partial charge on any atom is -0.455 e. The molecule has 0 saturated carbocycles. The maximum Gasteiger partial charge on any atom is 0.410 e. The van der Waals surface area contributed by atoms with E-state index in [1.54, 1.807) is 43.5 Å². The molecule has 0 radical (unpaired) electrons. The number of halogens is 1. The van der Waals surface area contributed by atoms with Gasteiger partial charge < -0.3 is 39.0 Å². The highest BCUT2D eigenvalue weighted by Crippen LogP contribution is 2.40. The van der Waals surface area contributed by atoms with Crippen LogP contribution in [0.5, 0.6) is 0 Å². The fourth-order valence-corrected chi connectivity index (χ4v) is 9.48. The highest BCUT2D eigenvalue weighted by atomic mass is 32.1. The molecule has 334 valence electrons. The second kappa shape index (κ2) is 20.6. The van der Waals surface area contributed by atoms with Gasteiger partial charge in [-0.3, -0.25) is 14.4 Å². The molecule has 2 fully saturated rings. The number of nitrogens with one attached hydrogen (secondary N) is 1. The zero-order valence-electron chi connectivity index (χ0n) is 37.0. The molecule has 59 heavy (non-hydrogen) atoms. The van der Waals surface area contributed by atoms with Crippen LogP contribution in [0.2, 0.25) is 0 Å². The number of hydrogen-bond donors (Lipinski definition) is 2. The number of aromatic nitrogens is 4. The number of carbonyl (C=O) groups excluding carboxylic acids is 3. The first kappa shape index (κ1) is 48.5. The number of aryl methyl sites for hydroxylation is 1. The number of amides is 1. The van der Waals surface area contributed by atoms with Crippen LogP contribution < -0.4 is 5.32 Å². The first-order chi connectivity index (χ1) is 27.8. The summed E-state index contributed by atoms with van der Waals surface area (Å²) in [4.78, 5) is 49.9. The van der Waals surface area contributed by atoms with Gasteiger partial charge in [-0.05, 0) is 93.3 Å². The van der Waals surface area contributed by atoms with Gasteiger partial charge in [0, 0.05) is 56.4 Å². The number of methoxy groups -OCH3 is 1. The molecule has 2 aromatic heterocycles. The molecule has 12 atom stereocenters. The average molecular weight is 854 g/mol. The minimum atomic E-state index is -3.14. The second-order valence-electron chi connectivity index (χ2n) is 16.9. The number of unbranched alkanes of at least 4 members (excludes halogenated alkanes) is 1.